The van der Waals surface area contributed by atoms with Gasteiger partial charge in [-0.05, 0) is 44.0 Å². The molecule has 1 aromatic carbocycles. The summed E-state index contributed by atoms with van der Waals surface area (Å²) >= 11 is 0. The van der Waals surface area contributed by atoms with E-state index >= 15 is 0 Å². The molecular weight excluding hydrogens is 319 g/mol. The van der Waals surface area contributed by atoms with Crippen LogP contribution in [0.2, 0.25) is 0 Å². The Labute approximate surface area is 136 Å². The maximum absolute atomic E-state index is 12.9. The minimum Gasteiger partial charge on any atom is -0.352 e. The van der Waals surface area contributed by atoms with Crippen LogP contribution in [0.5, 0.6) is 0 Å². The fraction of sp³-hybridized carbons (Fsp3) is 0.562. The second-order valence-electron chi connectivity index (χ2n) is 5.99. The van der Waals surface area contributed by atoms with Gasteiger partial charge >= 0.3 is 0 Å². The fourth-order valence-electron chi connectivity index (χ4n) is 2.72. The number of sulfonamides is 1. The molecule has 0 aromatic heterocycles. The van der Waals surface area contributed by atoms with E-state index in [1.165, 1.54) is 31.9 Å². The molecule has 1 saturated carbocycles. The lowest BCUT2D eigenvalue weighted by Crippen LogP contribution is -2.47. The molecule has 0 radical (unpaired) electrons. The number of nitrogens with one attached hydrogen (secondary N) is 2. The van der Waals surface area contributed by atoms with Gasteiger partial charge < -0.3 is 5.32 Å². The molecule has 0 saturated heterocycles. The van der Waals surface area contributed by atoms with Crippen molar-refractivity contribution >= 4 is 15.9 Å². The van der Waals surface area contributed by atoms with Crippen LogP contribution < -0.4 is 10.0 Å². The second kappa shape index (κ2) is 7.88. The highest BCUT2D eigenvalue weighted by Crippen LogP contribution is 2.17. The predicted molar refractivity (Wildman–Crippen MR) is 85.8 cm³/mol. The molecule has 7 heteroatoms. The summed E-state index contributed by atoms with van der Waals surface area (Å²) in [6.07, 6.45) is 6.39. The highest BCUT2D eigenvalue weighted by Gasteiger charge is 2.24. The molecule has 2 rings (SSSR count). The van der Waals surface area contributed by atoms with Gasteiger partial charge in [-0.2, -0.15) is 4.72 Å². The standard InChI is InChI=1S/C16H23FN2O3S/c1-12(16(20)18-14-6-4-2-3-5-7-14)19-23(21,22)15-10-8-13(17)9-11-15/h8-12,14,19H,2-7H2,1H3,(H,18,20)/t12-/m1/s1. The quantitative estimate of drug-likeness (QED) is 0.807. The Balaban J connectivity index is 1.95. The van der Waals surface area contributed by atoms with E-state index in [0.717, 1.165) is 37.8 Å². The van der Waals surface area contributed by atoms with E-state index in [2.05, 4.69) is 10.0 Å². The van der Waals surface area contributed by atoms with Gasteiger partial charge in [0.25, 0.3) is 0 Å². The van der Waals surface area contributed by atoms with E-state index < -0.39 is 21.9 Å². The van der Waals surface area contributed by atoms with Crippen molar-refractivity contribution in [2.45, 2.75) is 62.4 Å². The monoisotopic (exact) mass is 342 g/mol. The summed E-state index contributed by atoms with van der Waals surface area (Å²) in [5, 5.41) is 2.92. The average Bonchev–Trinajstić information content (AvgIpc) is 2.76. The molecule has 1 aliphatic rings. The average molecular weight is 342 g/mol. The summed E-state index contributed by atoms with van der Waals surface area (Å²) in [4.78, 5) is 12.1. The predicted octanol–water partition coefficient (Wildman–Crippen LogP) is 2.33. The van der Waals surface area contributed by atoms with Crippen LogP contribution in [-0.4, -0.2) is 26.4 Å². The van der Waals surface area contributed by atoms with E-state index in [9.17, 15) is 17.6 Å². The summed E-state index contributed by atoms with van der Waals surface area (Å²) in [5.41, 5.74) is 0. The van der Waals surface area contributed by atoms with Crippen LogP contribution in [0.3, 0.4) is 0 Å². The molecule has 2 N–H and O–H groups in total. The van der Waals surface area contributed by atoms with Crippen molar-refractivity contribution in [3.63, 3.8) is 0 Å². The van der Waals surface area contributed by atoms with Crippen molar-refractivity contribution in [1.82, 2.24) is 10.0 Å². The highest BCUT2D eigenvalue weighted by atomic mass is 32.2. The third-order valence-electron chi connectivity index (χ3n) is 4.05. The van der Waals surface area contributed by atoms with Crippen molar-refractivity contribution in [1.29, 1.82) is 0 Å². The fourth-order valence-corrected chi connectivity index (χ4v) is 3.92. The number of carbonyl (C=O) groups excluding carboxylic acids is 1. The molecule has 23 heavy (non-hydrogen) atoms. The van der Waals surface area contributed by atoms with Crippen LogP contribution in [-0.2, 0) is 14.8 Å². The van der Waals surface area contributed by atoms with Crippen molar-refractivity contribution in [3.8, 4) is 0 Å². The minimum atomic E-state index is -3.85. The van der Waals surface area contributed by atoms with Gasteiger partial charge in [0.15, 0.2) is 0 Å². The molecule has 128 valence electrons. The zero-order valence-electron chi connectivity index (χ0n) is 13.2. The lowest BCUT2D eigenvalue weighted by molar-refractivity contribution is -0.123. The Morgan fingerprint density at radius 2 is 1.70 bits per heavy atom. The van der Waals surface area contributed by atoms with Gasteiger partial charge in [0, 0.05) is 6.04 Å². The molecule has 5 nitrogen and oxygen atoms in total. The maximum Gasteiger partial charge on any atom is 0.241 e. The van der Waals surface area contributed by atoms with Crippen LogP contribution in [0.1, 0.15) is 45.4 Å². The normalized spacial score (nSPS) is 18.2. The Kier molecular flexibility index (Phi) is 6.12. The molecule has 1 amide bonds. The SMILES string of the molecule is C[C@@H](NS(=O)(=O)c1ccc(F)cc1)C(=O)NC1CCCCCC1. The molecule has 1 fully saturated rings. The zero-order chi connectivity index (χ0) is 16.9. The topological polar surface area (TPSA) is 75.3 Å². The first-order chi connectivity index (χ1) is 10.9. The van der Waals surface area contributed by atoms with E-state index in [1.54, 1.807) is 0 Å². The number of rotatable bonds is 5. The molecule has 0 unspecified atom stereocenters. The molecule has 0 aliphatic heterocycles. The molecule has 1 atom stereocenters. The van der Waals surface area contributed by atoms with Gasteiger partial charge in [-0.25, -0.2) is 12.8 Å². The second-order valence-corrected chi connectivity index (χ2v) is 7.71. The van der Waals surface area contributed by atoms with Gasteiger partial charge in [0.2, 0.25) is 15.9 Å². The summed E-state index contributed by atoms with van der Waals surface area (Å²) in [5.74, 6) is -0.842. The van der Waals surface area contributed by atoms with Gasteiger partial charge in [-0.15, -0.1) is 0 Å². The largest absolute Gasteiger partial charge is 0.352 e. The minimum absolute atomic E-state index is 0.0620. The maximum atomic E-state index is 12.9. The molecule has 1 aliphatic carbocycles. The van der Waals surface area contributed by atoms with Crippen molar-refractivity contribution < 1.29 is 17.6 Å². The number of carbonyl (C=O) groups is 1. The summed E-state index contributed by atoms with van der Waals surface area (Å²) in [7, 11) is -3.85. The van der Waals surface area contributed by atoms with Crippen LogP contribution in [0.15, 0.2) is 29.2 Å². The number of hydrogen-bond donors (Lipinski definition) is 2. The Hall–Kier alpha value is -1.47. The molecule has 1 aromatic rings. The Morgan fingerprint density at radius 1 is 1.13 bits per heavy atom. The molecular formula is C16H23FN2O3S. The molecule has 0 heterocycles. The highest BCUT2D eigenvalue weighted by molar-refractivity contribution is 7.89. The Bertz CT molecular complexity index is 623. The first kappa shape index (κ1) is 17.9. The molecule has 0 spiro atoms. The van der Waals surface area contributed by atoms with Gasteiger partial charge in [0.1, 0.15) is 5.82 Å². The van der Waals surface area contributed by atoms with Crippen LogP contribution in [0.25, 0.3) is 0 Å². The van der Waals surface area contributed by atoms with Crippen LogP contribution in [0.4, 0.5) is 4.39 Å². The van der Waals surface area contributed by atoms with E-state index in [1.807, 2.05) is 0 Å². The summed E-state index contributed by atoms with van der Waals surface area (Å²) in [6, 6.07) is 3.73. The van der Waals surface area contributed by atoms with Gasteiger partial charge in [-0.1, -0.05) is 25.7 Å². The van der Waals surface area contributed by atoms with Crippen molar-refractivity contribution in [3.05, 3.63) is 30.1 Å². The van der Waals surface area contributed by atoms with Crippen LogP contribution in [0, 0.1) is 5.82 Å². The van der Waals surface area contributed by atoms with Gasteiger partial charge in [-0.3, -0.25) is 4.79 Å². The summed E-state index contributed by atoms with van der Waals surface area (Å²) < 4.78 is 39.6. The van der Waals surface area contributed by atoms with Crippen molar-refractivity contribution in [2.75, 3.05) is 0 Å². The smallest absolute Gasteiger partial charge is 0.241 e. The first-order valence-electron chi connectivity index (χ1n) is 7.97. The van der Waals surface area contributed by atoms with E-state index in [4.69, 9.17) is 0 Å². The lowest BCUT2D eigenvalue weighted by Gasteiger charge is -2.20. The number of halogens is 1. The van der Waals surface area contributed by atoms with Gasteiger partial charge in [0.05, 0.1) is 10.9 Å². The lowest BCUT2D eigenvalue weighted by atomic mass is 10.1. The Morgan fingerprint density at radius 3 is 2.26 bits per heavy atom. The third-order valence-corrected chi connectivity index (χ3v) is 5.61. The number of benzene rings is 1. The summed E-state index contributed by atoms with van der Waals surface area (Å²) in [6.45, 7) is 1.51. The van der Waals surface area contributed by atoms with Crippen molar-refractivity contribution in [2.24, 2.45) is 0 Å². The third kappa shape index (κ3) is 5.28. The van der Waals surface area contributed by atoms with E-state index in [-0.39, 0.29) is 16.8 Å². The zero-order valence-corrected chi connectivity index (χ0v) is 14.0. The number of hydrogen-bond acceptors (Lipinski definition) is 3. The van der Waals surface area contributed by atoms with E-state index in [0.29, 0.717) is 0 Å². The van der Waals surface area contributed by atoms with Crippen LogP contribution >= 0.6 is 0 Å². The first-order valence-corrected chi connectivity index (χ1v) is 9.45. The molecule has 0 bridgehead atoms. The number of amides is 1.